The first kappa shape index (κ1) is 22.5. The molecule has 0 aliphatic heterocycles. The first-order chi connectivity index (χ1) is 12.8. The van der Waals surface area contributed by atoms with E-state index in [2.05, 4.69) is 11.7 Å². The average molecular weight is 365 g/mol. The Morgan fingerprint density at radius 2 is 1.35 bits per heavy atom. The quantitative estimate of drug-likeness (QED) is 0.275. The normalized spacial score (nSPS) is 10.7. The molecule has 0 N–H and O–H groups in total. The molecular formula is C22H36O4. The van der Waals surface area contributed by atoms with Gasteiger partial charge in [-0.2, -0.15) is 0 Å². The van der Waals surface area contributed by atoms with Gasteiger partial charge in [0.15, 0.2) is 0 Å². The summed E-state index contributed by atoms with van der Waals surface area (Å²) in [7, 11) is 1.37. The van der Waals surface area contributed by atoms with Crippen molar-refractivity contribution in [2.24, 2.45) is 0 Å². The van der Waals surface area contributed by atoms with E-state index in [-0.39, 0.29) is 5.97 Å². The number of carbonyl (C=O) groups excluding carboxylic acids is 1. The molecule has 1 rings (SSSR count). The number of unbranched alkanes of at least 4 members (excludes halogenated alkanes) is 9. The molecule has 0 fully saturated rings. The molecule has 0 saturated carbocycles. The molecule has 0 atom stereocenters. The summed E-state index contributed by atoms with van der Waals surface area (Å²) in [6, 6.07) is 6.95. The van der Waals surface area contributed by atoms with Crippen LogP contribution in [0.3, 0.4) is 0 Å². The SMILES string of the molecule is CCCCCCCCCCCCOCCOc1ccc(C(=O)OC)cc1. The van der Waals surface area contributed by atoms with E-state index in [0.717, 1.165) is 18.8 Å². The molecule has 0 amide bonds. The summed E-state index contributed by atoms with van der Waals surface area (Å²) in [5.41, 5.74) is 0.525. The standard InChI is InChI=1S/C22H36O4/c1-3-4-5-6-7-8-9-10-11-12-17-25-18-19-26-21-15-13-20(14-16-21)22(23)24-2/h13-16H,3-12,17-19H2,1-2H3. The van der Waals surface area contributed by atoms with E-state index in [1.165, 1.54) is 64.9 Å². The lowest BCUT2D eigenvalue weighted by atomic mass is 10.1. The van der Waals surface area contributed by atoms with Crippen LogP contribution in [0.5, 0.6) is 5.75 Å². The van der Waals surface area contributed by atoms with Crippen LogP contribution in [-0.2, 0) is 9.47 Å². The Bertz CT molecular complexity index is 456. The van der Waals surface area contributed by atoms with Crippen molar-refractivity contribution in [3.8, 4) is 5.75 Å². The molecule has 0 bridgehead atoms. The lowest BCUT2D eigenvalue weighted by Gasteiger charge is -2.08. The van der Waals surface area contributed by atoms with E-state index >= 15 is 0 Å². The molecule has 0 heterocycles. The summed E-state index contributed by atoms with van der Waals surface area (Å²) in [5.74, 6) is 0.400. The van der Waals surface area contributed by atoms with Crippen LogP contribution in [0.25, 0.3) is 0 Å². The third-order valence-corrected chi connectivity index (χ3v) is 4.41. The van der Waals surface area contributed by atoms with Gasteiger partial charge in [0.05, 0.1) is 19.3 Å². The van der Waals surface area contributed by atoms with Crippen molar-refractivity contribution in [2.75, 3.05) is 26.9 Å². The van der Waals surface area contributed by atoms with Gasteiger partial charge in [-0.1, -0.05) is 64.7 Å². The van der Waals surface area contributed by atoms with Gasteiger partial charge in [-0.3, -0.25) is 0 Å². The Morgan fingerprint density at radius 1 is 0.769 bits per heavy atom. The fourth-order valence-corrected chi connectivity index (χ4v) is 2.82. The van der Waals surface area contributed by atoms with Crippen LogP contribution < -0.4 is 4.74 Å². The highest BCUT2D eigenvalue weighted by Gasteiger charge is 2.04. The minimum absolute atomic E-state index is 0.337. The molecule has 4 heteroatoms. The lowest BCUT2D eigenvalue weighted by Crippen LogP contribution is -2.08. The number of carbonyl (C=O) groups is 1. The van der Waals surface area contributed by atoms with E-state index < -0.39 is 0 Å². The molecular weight excluding hydrogens is 328 g/mol. The van der Waals surface area contributed by atoms with Gasteiger partial charge in [0.1, 0.15) is 12.4 Å². The zero-order chi connectivity index (χ0) is 18.9. The molecule has 148 valence electrons. The number of hydrogen-bond acceptors (Lipinski definition) is 4. The maximum absolute atomic E-state index is 11.3. The van der Waals surface area contributed by atoms with Gasteiger partial charge < -0.3 is 14.2 Å². The van der Waals surface area contributed by atoms with Gasteiger partial charge in [-0.05, 0) is 30.7 Å². The molecule has 0 spiro atoms. The third-order valence-electron chi connectivity index (χ3n) is 4.41. The second-order valence-electron chi connectivity index (χ2n) is 6.66. The minimum atomic E-state index is -0.337. The summed E-state index contributed by atoms with van der Waals surface area (Å²) in [6.45, 7) is 4.19. The first-order valence-corrected chi connectivity index (χ1v) is 10.2. The van der Waals surface area contributed by atoms with Crippen LogP contribution in [0.15, 0.2) is 24.3 Å². The van der Waals surface area contributed by atoms with Crippen molar-refractivity contribution in [2.45, 2.75) is 71.1 Å². The van der Waals surface area contributed by atoms with Crippen LogP contribution in [-0.4, -0.2) is 32.9 Å². The predicted molar refractivity (Wildman–Crippen MR) is 106 cm³/mol. The Balaban J connectivity index is 1.88. The Hall–Kier alpha value is -1.55. The Kier molecular flexibility index (Phi) is 13.6. The summed E-state index contributed by atoms with van der Waals surface area (Å²) in [4.78, 5) is 11.3. The maximum Gasteiger partial charge on any atom is 0.337 e. The van der Waals surface area contributed by atoms with Gasteiger partial charge in [-0.15, -0.1) is 0 Å². The summed E-state index contributed by atoms with van der Waals surface area (Å²) < 4.78 is 15.9. The van der Waals surface area contributed by atoms with E-state index in [1.807, 2.05) is 0 Å². The van der Waals surface area contributed by atoms with Crippen molar-refractivity contribution in [3.63, 3.8) is 0 Å². The van der Waals surface area contributed by atoms with E-state index in [9.17, 15) is 4.79 Å². The maximum atomic E-state index is 11.3. The second-order valence-corrected chi connectivity index (χ2v) is 6.66. The molecule has 0 saturated heterocycles. The molecule has 0 radical (unpaired) electrons. The second kappa shape index (κ2) is 15.7. The van der Waals surface area contributed by atoms with Crippen LogP contribution in [0.2, 0.25) is 0 Å². The highest BCUT2D eigenvalue weighted by Crippen LogP contribution is 2.13. The fourth-order valence-electron chi connectivity index (χ4n) is 2.82. The topological polar surface area (TPSA) is 44.8 Å². The number of methoxy groups -OCH3 is 1. The fraction of sp³-hybridized carbons (Fsp3) is 0.682. The van der Waals surface area contributed by atoms with Gasteiger partial charge in [0.25, 0.3) is 0 Å². The van der Waals surface area contributed by atoms with Crippen molar-refractivity contribution < 1.29 is 19.0 Å². The summed E-state index contributed by atoms with van der Waals surface area (Å²) in [6.07, 6.45) is 13.4. The van der Waals surface area contributed by atoms with E-state index in [4.69, 9.17) is 9.47 Å². The van der Waals surface area contributed by atoms with Crippen LogP contribution in [0, 0.1) is 0 Å². The van der Waals surface area contributed by atoms with Gasteiger partial charge >= 0.3 is 5.97 Å². The smallest absolute Gasteiger partial charge is 0.337 e. The minimum Gasteiger partial charge on any atom is -0.491 e. The molecule has 0 aromatic heterocycles. The highest BCUT2D eigenvalue weighted by molar-refractivity contribution is 5.89. The van der Waals surface area contributed by atoms with Crippen molar-refractivity contribution >= 4 is 5.97 Å². The first-order valence-electron chi connectivity index (χ1n) is 10.2. The number of benzene rings is 1. The number of rotatable bonds is 16. The molecule has 26 heavy (non-hydrogen) atoms. The van der Waals surface area contributed by atoms with E-state index in [1.54, 1.807) is 24.3 Å². The Morgan fingerprint density at radius 3 is 1.92 bits per heavy atom. The number of esters is 1. The molecule has 0 aliphatic carbocycles. The van der Waals surface area contributed by atoms with Gasteiger partial charge in [0, 0.05) is 6.61 Å². The number of hydrogen-bond donors (Lipinski definition) is 0. The molecule has 0 aliphatic rings. The van der Waals surface area contributed by atoms with Crippen LogP contribution in [0.4, 0.5) is 0 Å². The van der Waals surface area contributed by atoms with Gasteiger partial charge in [0.2, 0.25) is 0 Å². The van der Waals surface area contributed by atoms with Crippen molar-refractivity contribution in [1.82, 2.24) is 0 Å². The lowest BCUT2D eigenvalue weighted by molar-refractivity contribution is 0.0600. The Labute approximate surface area is 159 Å². The van der Waals surface area contributed by atoms with Crippen molar-refractivity contribution in [3.05, 3.63) is 29.8 Å². The highest BCUT2D eigenvalue weighted by atomic mass is 16.5. The zero-order valence-corrected chi connectivity index (χ0v) is 16.6. The van der Waals surface area contributed by atoms with Crippen LogP contribution >= 0.6 is 0 Å². The predicted octanol–water partition coefficient (Wildman–Crippen LogP) is 5.79. The molecule has 4 nitrogen and oxygen atoms in total. The average Bonchev–Trinajstić information content (AvgIpc) is 2.68. The third kappa shape index (κ3) is 11.1. The van der Waals surface area contributed by atoms with Gasteiger partial charge in [-0.25, -0.2) is 4.79 Å². The summed E-state index contributed by atoms with van der Waals surface area (Å²) >= 11 is 0. The molecule has 0 unspecified atom stereocenters. The zero-order valence-electron chi connectivity index (χ0n) is 16.6. The van der Waals surface area contributed by atoms with E-state index in [0.29, 0.717) is 18.8 Å². The summed E-state index contributed by atoms with van der Waals surface area (Å²) in [5, 5.41) is 0. The molecule has 1 aromatic rings. The van der Waals surface area contributed by atoms with Crippen molar-refractivity contribution in [1.29, 1.82) is 0 Å². The largest absolute Gasteiger partial charge is 0.491 e. The number of ether oxygens (including phenoxy) is 3. The van der Waals surface area contributed by atoms with Crippen LogP contribution in [0.1, 0.15) is 81.5 Å². The monoisotopic (exact) mass is 364 g/mol. The molecule has 1 aromatic carbocycles.